The predicted octanol–water partition coefficient (Wildman–Crippen LogP) is 4.17. The number of rotatable bonds is 7. The zero-order chi connectivity index (χ0) is 22.8. The van der Waals surface area contributed by atoms with Crippen LogP contribution in [0.25, 0.3) is 0 Å². The van der Waals surface area contributed by atoms with Crippen molar-refractivity contribution in [2.45, 2.75) is 6.42 Å². The predicted molar refractivity (Wildman–Crippen MR) is 131 cm³/mol. The summed E-state index contributed by atoms with van der Waals surface area (Å²) in [5.41, 5.74) is 7.89. The highest BCUT2D eigenvalue weighted by molar-refractivity contribution is 7.80. The second-order valence-electron chi connectivity index (χ2n) is 6.75. The molecule has 0 unspecified atom stereocenters. The molecule has 32 heavy (non-hydrogen) atoms. The van der Waals surface area contributed by atoms with Gasteiger partial charge in [0.05, 0.1) is 25.6 Å². The van der Waals surface area contributed by atoms with E-state index in [1.165, 1.54) is 0 Å². The summed E-state index contributed by atoms with van der Waals surface area (Å²) in [6.45, 7) is 0.548. The maximum atomic E-state index is 12.9. The lowest BCUT2D eigenvalue weighted by molar-refractivity contribution is 0.247. The van der Waals surface area contributed by atoms with E-state index in [1.807, 2.05) is 78.9 Å². The Kier molecular flexibility index (Phi) is 8.28. The molecule has 0 aliphatic heterocycles. The average molecular weight is 451 g/mol. The van der Waals surface area contributed by atoms with Crippen molar-refractivity contribution in [1.29, 1.82) is 0 Å². The van der Waals surface area contributed by atoms with Gasteiger partial charge in [0.2, 0.25) is 0 Å². The first-order valence-electron chi connectivity index (χ1n) is 10.1. The van der Waals surface area contributed by atoms with Crippen molar-refractivity contribution in [2.24, 2.45) is 0 Å². The number of hydrogen-bond acceptors (Lipinski definition) is 4. The second-order valence-corrected chi connectivity index (χ2v) is 7.15. The van der Waals surface area contributed by atoms with Crippen molar-refractivity contribution < 1.29 is 14.3 Å². The molecule has 3 aromatic rings. The standard InChI is InChI=1S/C24H26N4O3S/c1-30-21-13-14-22(31-2)18(17-21)15-16-25-23(32)26-27-24(29)28(19-9-5-3-6-10-19)20-11-7-4-8-12-20/h3-14,17H,15-16H2,1-2H3,(H,27,29)(H2,25,26,32). The lowest BCUT2D eigenvalue weighted by Gasteiger charge is -2.24. The topological polar surface area (TPSA) is 74.9 Å². The number of methoxy groups -OCH3 is 2. The fourth-order valence-electron chi connectivity index (χ4n) is 3.14. The number of nitrogens with zero attached hydrogens (tertiary/aromatic N) is 1. The van der Waals surface area contributed by atoms with Crippen molar-refractivity contribution in [3.05, 3.63) is 84.4 Å². The minimum Gasteiger partial charge on any atom is -0.497 e. The molecule has 0 aliphatic carbocycles. The largest absolute Gasteiger partial charge is 0.497 e. The molecular formula is C24H26N4O3S. The number of para-hydroxylation sites is 2. The van der Waals surface area contributed by atoms with Crippen LogP contribution in [0.5, 0.6) is 11.5 Å². The molecule has 3 N–H and O–H groups in total. The number of benzene rings is 3. The molecule has 0 radical (unpaired) electrons. The van der Waals surface area contributed by atoms with Gasteiger partial charge in [0, 0.05) is 6.54 Å². The number of nitrogens with one attached hydrogen (secondary N) is 3. The van der Waals surface area contributed by atoms with E-state index in [2.05, 4.69) is 16.2 Å². The maximum absolute atomic E-state index is 12.9. The Labute approximate surface area is 193 Å². The number of thiocarbonyl (C=S) groups is 1. The Bertz CT molecular complexity index is 992. The summed E-state index contributed by atoms with van der Waals surface area (Å²) in [6.07, 6.45) is 0.663. The lowest BCUT2D eigenvalue weighted by Crippen LogP contribution is -2.51. The molecule has 0 saturated carbocycles. The summed E-state index contributed by atoms with van der Waals surface area (Å²) in [5.74, 6) is 1.54. The third-order valence-electron chi connectivity index (χ3n) is 4.68. The molecule has 2 amide bonds. The average Bonchev–Trinajstić information content (AvgIpc) is 2.84. The molecule has 0 saturated heterocycles. The fourth-order valence-corrected chi connectivity index (χ4v) is 3.29. The molecule has 0 atom stereocenters. The van der Waals surface area contributed by atoms with E-state index in [9.17, 15) is 4.79 Å². The van der Waals surface area contributed by atoms with E-state index < -0.39 is 0 Å². The molecular weight excluding hydrogens is 424 g/mol. The third-order valence-corrected chi connectivity index (χ3v) is 4.93. The molecule has 3 rings (SSSR count). The van der Waals surface area contributed by atoms with Gasteiger partial charge in [-0.2, -0.15) is 0 Å². The van der Waals surface area contributed by atoms with Crippen LogP contribution in [0.15, 0.2) is 78.9 Å². The summed E-state index contributed by atoms with van der Waals surface area (Å²) in [6, 6.07) is 24.1. The Morgan fingerprint density at radius 1 is 0.875 bits per heavy atom. The molecule has 0 fully saturated rings. The van der Waals surface area contributed by atoms with Crippen LogP contribution in [0.2, 0.25) is 0 Å². The minimum absolute atomic E-state index is 0.307. The van der Waals surface area contributed by atoms with E-state index in [4.69, 9.17) is 21.7 Å². The summed E-state index contributed by atoms with van der Waals surface area (Å²) < 4.78 is 10.7. The number of hydrogen-bond donors (Lipinski definition) is 3. The summed E-state index contributed by atoms with van der Waals surface area (Å²) in [7, 11) is 3.26. The van der Waals surface area contributed by atoms with Crippen LogP contribution < -0.4 is 30.5 Å². The van der Waals surface area contributed by atoms with Gasteiger partial charge >= 0.3 is 6.03 Å². The van der Waals surface area contributed by atoms with Crippen LogP contribution in [-0.4, -0.2) is 31.9 Å². The smallest absolute Gasteiger partial charge is 0.345 e. The highest BCUT2D eigenvalue weighted by Crippen LogP contribution is 2.25. The van der Waals surface area contributed by atoms with Gasteiger partial charge in [0.1, 0.15) is 11.5 Å². The van der Waals surface area contributed by atoms with Crippen LogP contribution in [0.4, 0.5) is 16.2 Å². The van der Waals surface area contributed by atoms with E-state index in [-0.39, 0.29) is 6.03 Å². The normalized spacial score (nSPS) is 10.1. The summed E-state index contributed by atoms with van der Waals surface area (Å²) in [5, 5.41) is 3.39. The number of amides is 2. The quantitative estimate of drug-likeness (QED) is 0.371. The third kappa shape index (κ3) is 6.12. The minimum atomic E-state index is -0.360. The van der Waals surface area contributed by atoms with Crippen molar-refractivity contribution in [3.63, 3.8) is 0 Å². The maximum Gasteiger partial charge on any atom is 0.345 e. The molecule has 0 spiro atoms. The first-order valence-corrected chi connectivity index (χ1v) is 10.5. The zero-order valence-corrected chi connectivity index (χ0v) is 18.8. The number of hydrazine groups is 1. The van der Waals surface area contributed by atoms with Crippen molar-refractivity contribution in [1.82, 2.24) is 16.2 Å². The van der Waals surface area contributed by atoms with Crippen molar-refractivity contribution in [2.75, 3.05) is 25.7 Å². The number of carbonyl (C=O) groups excluding carboxylic acids is 1. The Morgan fingerprint density at radius 3 is 2.06 bits per heavy atom. The van der Waals surface area contributed by atoms with Gasteiger partial charge in [0.25, 0.3) is 0 Å². The molecule has 0 aliphatic rings. The van der Waals surface area contributed by atoms with Crippen LogP contribution in [0.3, 0.4) is 0 Å². The summed E-state index contributed by atoms with van der Waals surface area (Å²) in [4.78, 5) is 14.5. The number of carbonyl (C=O) groups is 1. The molecule has 166 valence electrons. The van der Waals surface area contributed by atoms with Gasteiger partial charge < -0.3 is 14.8 Å². The fraction of sp³-hybridized carbons (Fsp3) is 0.167. The van der Waals surface area contributed by atoms with E-state index in [1.54, 1.807) is 19.1 Å². The van der Waals surface area contributed by atoms with Gasteiger partial charge in [-0.05, 0) is 66.7 Å². The Balaban J connectivity index is 1.56. The van der Waals surface area contributed by atoms with Crippen LogP contribution in [-0.2, 0) is 6.42 Å². The molecule has 0 aromatic heterocycles. The van der Waals surface area contributed by atoms with E-state index in [0.29, 0.717) is 18.1 Å². The Hall–Kier alpha value is -3.78. The monoisotopic (exact) mass is 450 g/mol. The zero-order valence-electron chi connectivity index (χ0n) is 18.0. The number of urea groups is 1. The highest BCUT2D eigenvalue weighted by Gasteiger charge is 2.17. The molecule has 7 nitrogen and oxygen atoms in total. The lowest BCUT2D eigenvalue weighted by atomic mass is 10.1. The van der Waals surface area contributed by atoms with Crippen LogP contribution in [0.1, 0.15) is 5.56 Å². The van der Waals surface area contributed by atoms with Gasteiger partial charge in [-0.25, -0.2) is 10.2 Å². The SMILES string of the molecule is COc1ccc(OC)c(CCNC(=S)NNC(=O)N(c2ccccc2)c2ccccc2)c1. The first-order chi connectivity index (χ1) is 15.6. The highest BCUT2D eigenvalue weighted by atomic mass is 32.1. The Morgan fingerprint density at radius 2 is 1.50 bits per heavy atom. The molecule has 8 heteroatoms. The van der Waals surface area contributed by atoms with Gasteiger partial charge in [0.15, 0.2) is 5.11 Å². The molecule has 3 aromatic carbocycles. The van der Waals surface area contributed by atoms with E-state index in [0.717, 1.165) is 28.4 Å². The molecule has 0 heterocycles. The van der Waals surface area contributed by atoms with Gasteiger partial charge in [-0.15, -0.1) is 0 Å². The first kappa shape index (κ1) is 22.9. The van der Waals surface area contributed by atoms with E-state index >= 15 is 0 Å². The van der Waals surface area contributed by atoms with Crippen LogP contribution in [0, 0.1) is 0 Å². The van der Waals surface area contributed by atoms with Gasteiger partial charge in [-0.1, -0.05) is 36.4 Å². The number of anilines is 2. The molecule has 0 bridgehead atoms. The van der Waals surface area contributed by atoms with Crippen molar-refractivity contribution in [3.8, 4) is 11.5 Å². The number of ether oxygens (including phenoxy) is 2. The van der Waals surface area contributed by atoms with Crippen molar-refractivity contribution >= 4 is 34.7 Å². The van der Waals surface area contributed by atoms with Gasteiger partial charge in [-0.3, -0.25) is 10.3 Å². The summed E-state index contributed by atoms with van der Waals surface area (Å²) >= 11 is 5.31. The van der Waals surface area contributed by atoms with Crippen LogP contribution >= 0.6 is 12.2 Å². The second kappa shape index (κ2) is 11.6.